The first-order chi connectivity index (χ1) is 11.5. The van der Waals surface area contributed by atoms with Gasteiger partial charge < -0.3 is 10.1 Å². The van der Waals surface area contributed by atoms with Gasteiger partial charge >= 0.3 is 0 Å². The van der Waals surface area contributed by atoms with Crippen LogP contribution < -0.4 is 5.32 Å². The van der Waals surface area contributed by atoms with E-state index in [0.29, 0.717) is 17.2 Å². The van der Waals surface area contributed by atoms with Gasteiger partial charge in [0.05, 0.1) is 17.9 Å². The third-order valence-electron chi connectivity index (χ3n) is 3.28. The zero-order chi connectivity index (χ0) is 17.5. The molecule has 124 valence electrons. The Labute approximate surface area is 146 Å². The van der Waals surface area contributed by atoms with Crippen molar-refractivity contribution in [2.75, 3.05) is 18.2 Å². The van der Waals surface area contributed by atoms with E-state index >= 15 is 0 Å². The van der Waals surface area contributed by atoms with Crippen LogP contribution >= 0.6 is 11.8 Å². The van der Waals surface area contributed by atoms with Crippen LogP contribution in [0.3, 0.4) is 0 Å². The highest BCUT2D eigenvalue weighted by molar-refractivity contribution is 8.00. The van der Waals surface area contributed by atoms with E-state index in [4.69, 9.17) is 4.74 Å². The summed E-state index contributed by atoms with van der Waals surface area (Å²) in [5.41, 5.74) is 3.94. The topological polar surface area (TPSA) is 75.0 Å². The lowest BCUT2D eigenvalue weighted by atomic mass is 10.1. The van der Waals surface area contributed by atoms with E-state index in [2.05, 4.69) is 16.4 Å². The molecule has 0 bridgehead atoms. The first kappa shape index (κ1) is 18.0. The Morgan fingerprint density at radius 1 is 1.33 bits per heavy atom. The lowest BCUT2D eigenvalue weighted by molar-refractivity contribution is -0.113. The van der Waals surface area contributed by atoms with Crippen LogP contribution in [0.5, 0.6) is 0 Å². The number of anilines is 1. The van der Waals surface area contributed by atoms with Crippen molar-refractivity contribution in [2.45, 2.75) is 25.5 Å². The Hall–Kier alpha value is -2.36. The highest BCUT2D eigenvalue weighted by atomic mass is 32.2. The Morgan fingerprint density at radius 2 is 2.04 bits per heavy atom. The van der Waals surface area contributed by atoms with Gasteiger partial charge in [0.15, 0.2) is 0 Å². The zero-order valence-electron chi connectivity index (χ0n) is 13.9. The number of benzene rings is 1. The van der Waals surface area contributed by atoms with Gasteiger partial charge in [-0.25, -0.2) is 4.98 Å². The molecule has 24 heavy (non-hydrogen) atoms. The van der Waals surface area contributed by atoms with Crippen molar-refractivity contribution < 1.29 is 9.53 Å². The molecular formula is C18H19N3O2S. The number of ether oxygens (including phenoxy) is 1. The minimum atomic E-state index is -0.135. The van der Waals surface area contributed by atoms with Gasteiger partial charge in [0.1, 0.15) is 11.1 Å². The van der Waals surface area contributed by atoms with Gasteiger partial charge in [-0.05, 0) is 37.6 Å². The Kier molecular flexibility index (Phi) is 6.36. The van der Waals surface area contributed by atoms with Crippen molar-refractivity contribution in [2.24, 2.45) is 0 Å². The largest absolute Gasteiger partial charge is 0.380 e. The maximum atomic E-state index is 12.1. The van der Waals surface area contributed by atoms with E-state index in [0.717, 1.165) is 22.5 Å². The van der Waals surface area contributed by atoms with E-state index < -0.39 is 0 Å². The van der Waals surface area contributed by atoms with Crippen LogP contribution in [0.1, 0.15) is 22.4 Å². The molecule has 2 rings (SSSR count). The van der Waals surface area contributed by atoms with E-state index in [1.165, 1.54) is 11.8 Å². The molecule has 0 spiro atoms. The second-order valence-electron chi connectivity index (χ2n) is 5.35. The fourth-order valence-electron chi connectivity index (χ4n) is 2.17. The molecule has 0 radical (unpaired) electrons. The molecule has 0 unspecified atom stereocenters. The molecule has 2 aromatic rings. The van der Waals surface area contributed by atoms with Crippen LogP contribution in [0.25, 0.3) is 0 Å². The molecule has 0 saturated heterocycles. The predicted molar refractivity (Wildman–Crippen MR) is 94.9 cm³/mol. The molecule has 1 heterocycles. The minimum Gasteiger partial charge on any atom is -0.380 e. The molecular weight excluding hydrogens is 322 g/mol. The third kappa shape index (κ3) is 4.82. The number of aromatic nitrogens is 1. The molecule has 0 aliphatic carbocycles. The molecule has 0 aliphatic heterocycles. The molecule has 1 amide bonds. The Morgan fingerprint density at radius 3 is 2.67 bits per heavy atom. The van der Waals surface area contributed by atoms with Crippen molar-refractivity contribution in [1.29, 1.82) is 5.26 Å². The molecule has 1 aromatic carbocycles. The summed E-state index contributed by atoms with van der Waals surface area (Å²) in [7, 11) is 1.58. The van der Waals surface area contributed by atoms with Crippen LogP contribution in [0, 0.1) is 25.2 Å². The van der Waals surface area contributed by atoms with Crippen molar-refractivity contribution in [3.63, 3.8) is 0 Å². The summed E-state index contributed by atoms with van der Waals surface area (Å²) in [6, 6.07) is 11.6. The maximum absolute atomic E-state index is 12.1. The summed E-state index contributed by atoms with van der Waals surface area (Å²) in [6.45, 7) is 4.19. The number of nitrogens with one attached hydrogen (secondary N) is 1. The summed E-state index contributed by atoms with van der Waals surface area (Å²) in [6.07, 6.45) is 0. The van der Waals surface area contributed by atoms with Crippen molar-refractivity contribution in [3.05, 3.63) is 52.7 Å². The van der Waals surface area contributed by atoms with Gasteiger partial charge in [0.25, 0.3) is 0 Å². The zero-order valence-corrected chi connectivity index (χ0v) is 14.7. The number of rotatable bonds is 6. The third-order valence-corrected chi connectivity index (χ3v) is 4.26. The summed E-state index contributed by atoms with van der Waals surface area (Å²) in [5.74, 6) is 0.0511. The highest BCUT2D eigenvalue weighted by Gasteiger charge is 2.13. The molecule has 0 aliphatic rings. The average molecular weight is 341 g/mol. The van der Waals surface area contributed by atoms with E-state index in [1.54, 1.807) is 7.11 Å². The standard InChI is InChI=1S/C18H19N3O2S/c1-12-4-6-15(7-5-12)21-17(22)11-24-18-16(9-19)14(10-23-3)8-13(2)20-18/h4-8H,10-11H2,1-3H3,(H,21,22). The van der Waals surface area contributed by atoms with Gasteiger partial charge in [-0.15, -0.1) is 0 Å². The molecule has 0 saturated carbocycles. The van der Waals surface area contributed by atoms with Gasteiger partial charge in [-0.2, -0.15) is 5.26 Å². The first-order valence-corrected chi connectivity index (χ1v) is 8.41. The Balaban J connectivity index is 2.07. The smallest absolute Gasteiger partial charge is 0.234 e. The minimum absolute atomic E-state index is 0.135. The fourth-order valence-corrected chi connectivity index (χ4v) is 3.04. The monoisotopic (exact) mass is 341 g/mol. The molecule has 5 nitrogen and oxygen atoms in total. The number of carbonyl (C=O) groups excluding carboxylic acids is 1. The summed E-state index contributed by atoms with van der Waals surface area (Å²) < 4.78 is 5.13. The quantitative estimate of drug-likeness (QED) is 0.815. The van der Waals surface area contributed by atoms with Gasteiger partial charge in [-0.1, -0.05) is 29.5 Å². The molecule has 0 fully saturated rings. The van der Waals surface area contributed by atoms with Crippen LogP contribution in [0.2, 0.25) is 0 Å². The van der Waals surface area contributed by atoms with E-state index in [9.17, 15) is 10.1 Å². The van der Waals surface area contributed by atoms with Crippen LogP contribution in [0.15, 0.2) is 35.4 Å². The lowest BCUT2D eigenvalue weighted by Crippen LogP contribution is -2.14. The first-order valence-electron chi connectivity index (χ1n) is 7.42. The normalized spacial score (nSPS) is 10.2. The number of aryl methyl sites for hydroxylation is 2. The van der Waals surface area contributed by atoms with E-state index in [1.807, 2.05) is 44.2 Å². The molecule has 6 heteroatoms. The van der Waals surface area contributed by atoms with E-state index in [-0.39, 0.29) is 11.7 Å². The number of amides is 1. The van der Waals surface area contributed by atoms with Gasteiger partial charge in [-0.3, -0.25) is 4.79 Å². The highest BCUT2D eigenvalue weighted by Crippen LogP contribution is 2.24. The number of carbonyl (C=O) groups is 1. The second kappa shape index (κ2) is 8.48. The van der Waals surface area contributed by atoms with Crippen molar-refractivity contribution in [3.8, 4) is 6.07 Å². The molecule has 1 N–H and O–H groups in total. The number of hydrogen-bond acceptors (Lipinski definition) is 5. The number of thioether (sulfide) groups is 1. The summed E-state index contributed by atoms with van der Waals surface area (Å²) in [4.78, 5) is 16.5. The second-order valence-corrected chi connectivity index (χ2v) is 6.31. The van der Waals surface area contributed by atoms with Crippen LogP contribution in [-0.2, 0) is 16.1 Å². The maximum Gasteiger partial charge on any atom is 0.234 e. The van der Waals surface area contributed by atoms with Gasteiger partial charge in [0.2, 0.25) is 5.91 Å². The van der Waals surface area contributed by atoms with Crippen LogP contribution in [-0.4, -0.2) is 23.8 Å². The number of hydrogen-bond donors (Lipinski definition) is 1. The SMILES string of the molecule is COCc1cc(C)nc(SCC(=O)Nc2ccc(C)cc2)c1C#N. The Bertz CT molecular complexity index is 767. The molecule has 0 atom stereocenters. The van der Waals surface area contributed by atoms with Crippen molar-refractivity contribution in [1.82, 2.24) is 4.98 Å². The summed E-state index contributed by atoms with van der Waals surface area (Å²) in [5, 5.41) is 12.8. The fraction of sp³-hybridized carbons (Fsp3) is 0.278. The predicted octanol–water partition coefficient (Wildman–Crippen LogP) is 3.45. The molecule has 1 aromatic heterocycles. The van der Waals surface area contributed by atoms with Crippen molar-refractivity contribution >= 4 is 23.4 Å². The number of pyridine rings is 1. The number of nitrogens with zero attached hydrogens (tertiary/aromatic N) is 2. The number of nitriles is 1. The number of methoxy groups -OCH3 is 1. The van der Waals surface area contributed by atoms with Crippen LogP contribution in [0.4, 0.5) is 5.69 Å². The average Bonchev–Trinajstić information content (AvgIpc) is 2.55. The van der Waals surface area contributed by atoms with Gasteiger partial charge in [0, 0.05) is 18.5 Å². The lowest BCUT2D eigenvalue weighted by Gasteiger charge is -2.10. The summed E-state index contributed by atoms with van der Waals surface area (Å²) >= 11 is 1.26.